The van der Waals surface area contributed by atoms with Crippen LogP contribution in [-0.2, 0) is 6.54 Å². The number of hydrogen-bond acceptors (Lipinski definition) is 4. The highest BCUT2D eigenvalue weighted by atomic mass is 16.5. The second kappa shape index (κ2) is 6.65. The second-order valence-corrected chi connectivity index (χ2v) is 4.43. The van der Waals surface area contributed by atoms with Crippen molar-refractivity contribution in [2.45, 2.75) is 6.54 Å². The van der Waals surface area contributed by atoms with Crippen molar-refractivity contribution < 1.29 is 19.4 Å². The van der Waals surface area contributed by atoms with E-state index in [1.807, 2.05) is 24.3 Å². The summed E-state index contributed by atoms with van der Waals surface area (Å²) in [6.45, 7) is 0.491. The summed E-state index contributed by atoms with van der Waals surface area (Å²) >= 11 is 0. The Morgan fingerprint density at radius 3 is 2.62 bits per heavy atom. The summed E-state index contributed by atoms with van der Waals surface area (Å²) in [5.74, 6) is 0.485. The van der Waals surface area contributed by atoms with E-state index in [4.69, 9.17) is 14.6 Å². The Bertz CT molecular complexity index is 640. The highest BCUT2D eigenvalue weighted by Crippen LogP contribution is 2.29. The van der Waals surface area contributed by atoms with E-state index in [1.54, 1.807) is 32.4 Å². The molecular weight excluding hydrogens is 270 g/mol. The van der Waals surface area contributed by atoms with Gasteiger partial charge in [-0.05, 0) is 29.8 Å². The van der Waals surface area contributed by atoms with Gasteiger partial charge < -0.3 is 19.9 Å². The van der Waals surface area contributed by atoms with Gasteiger partial charge >= 0.3 is 5.97 Å². The molecule has 0 fully saturated rings. The van der Waals surface area contributed by atoms with Gasteiger partial charge in [-0.1, -0.05) is 12.1 Å². The van der Waals surface area contributed by atoms with E-state index < -0.39 is 5.97 Å². The monoisotopic (exact) mass is 287 g/mol. The molecule has 0 aliphatic rings. The number of hydrogen-bond donors (Lipinski definition) is 2. The first-order valence-corrected chi connectivity index (χ1v) is 6.42. The van der Waals surface area contributed by atoms with Crippen LogP contribution < -0.4 is 14.8 Å². The number of methoxy groups -OCH3 is 2. The number of nitrogens with one attached hydrogen (secondary N) is 1. The molecule has 0 unspecified atom stereocenters. The van der Waals surface area contributed by atoms with Gasteiger partial charge in [0.1, 0.15) is 11.5 Å². The molecule has 0 amide bonds. The van der Waals surface area contributed by atoms with E-state index in [9.17, 15) is 4.79 Å². The van der Waals surface area contributed by atoms with E-state index in [0.29, 0.717) is 12.3 Å². The molecule has 2 aromatic carbocycles. The fourth-order valence-corrected chi connectivity index (χ4v) is 1.96. The minimum absolute atomic E-state index is 0.270. The maximum absolute atomic E-state index is 11.0. The van der Waals surface area contributed by atoms with Gasteiger partial charge in [0.2, 0.25) is 0 Å². The Hall–Kier alpha value is -2.69. The molecule has 2 rings (SSSR count). The molecule has 0 radical (unpaired) electrons. The first kappa shape index (κ1) is 14.7. The van der Waals surface area contributed by atoms with Crippen molar-refractivity contribution in [3.63, 3.8) is 0 Å². The Morgan fingerprint density at radius 1 is 1.14 bits per heavy atom. The lowest BCUT2D eigenvalue weighted by molar-refractivity contribution is 0.0697. The third-order valence-electron chi connectivity index (χ3n) is 3.06. The first-order valence-electron chi connectivity index (χ1n) is 6.42. The topological polar surface area (TPSA) is 67.8 Å². The van der Waals surface area contributed by atoms with Gasteiger partial charge in [0.05, 0.1) is 25.5 Å². The van der Waals surface area contributed by atoms with Gasteiger partial charge in [0, 0.05) is 12.6 Å². The van der Waals surface area contributed by atoms with E-state index in [2.05, 4.69) is 5.32 Å². The summed E-state index contributed by atoms with van der Waals surface area (Å²) in [6.07, 6.45) is 0. The van der Waals surface area contributed by atoms with Crippen LogP contribution in [0.1, 0.15) is 15.9 Å². The minimum Gasteiger partial charge on any atom is -0.497 e. The van der Waals surface area contributed by atoms with Crippen LogP contribution in [0.3, 0.4) is 0 Å². The van der Waals surface area contributed by atoms with Crippen LogP contribution in [0.15, 0.2) is 42.5 Å². The van der Waals surface area contributed by atoms with Crippen LogP contribution in [0.2, 0.25) is 0 Å². The highest BCUT2D eigenvalue weighted by Gasteiger charge is 2.06. The molecule has 0 spiro atoms. The fourth-order valence-electron chi connectivity index (χ4n) is 1.96. The second-order valence-electron chi connectivity index (χ2n) is 4.43. The number of ether oxygens (including phenoxy) is 2. The predicted molar refractivity (Wildman–Crippen MR) is 80.3 cm³/mol. The number of rotatable bonds is 6. The fraction of sp³-hybridized carbons (Fsp3) is 0.188. The van der Waals surface area contributed by atoms with Crippen molar-refractivity contribution >= 4 is 11.7 Å². The van der Waals surface area contributed by atoms with Crippen LogP contribution in [0.25, 0.3) is 0 Å². The zero-order chi connectivity index (χ0) is 15.2. The van der Waals surface area contributed by atoms with E-state index in [0.717, 1.165) is 17.0 Å². The highest BCUT2D eigenvalue weighted by molar-refractivity contribution is 5.87. The lowest BCUT2D eigenvalue weighted by atomic mass is 10.1. The molecule has 0 saturated carbocycles. The third-order valence-corrected chi connectivity index (χ3v) is 3.06. The Labute approximate surface area is 123 Å². The number of carboxylic acids is 1. The number of anilines is 1. The quantitative estimate of drug-likeness (QED) is 0.854. The van der Waals surface area contributed by atoms with Gasteiger partial charge in [-0.3, -0.25) is 0 Å². The normalized spacial score (nSPS) is 10.0. The molecule has 0 bridgehead atoms. The molecular formula is C16H17NO4. The van der Waals surface area contributed by atoms with Crippen molar-refractivity contribution in [3.05, 3.63) is 53.6 Å². The van der Waals surface area contributed by atoms with Crippen LogP contribution in [0, 0.1) is 0 Å². The Kier molecular flexibility index (Phi) is 4.66. The zero-order valence-electron chi connectivity index (χ0n) is 11.9. The van der Waals surface area contributed by atoms with Crippen molar-refractivity contribution in [1.29, 1.82) is 0 Å². The summed E-state index contributed by atoms with van der Waals surface area (Å²) in [5.41, 5.74) is 1.93. The summed E-state index contributed by atoms with van der Waals surface area (Å²) < 4.78 is 10.5. The van der Waals surface area contributed by atoms with Crippen LogP contribution in [0.4, 0.5) is 5.69 Å². The molecule has 5 nitrogen and oxygen atoms in total. The molecule has 0 atom stereocenters. The number of carbonyl (C=O) groups is 1. The molecule has 2 N–H and O–H groups in total. The van der Waals surface area contributed by atoms with Gasteiger partial charge in [0.15, 0.2) is 0 Å². The zero-order valence-corrected chi connectivity index (χ0v) is 11.9. The van der Waals surface area contributed by atoms with E-state index in [-0.39, 0.29) is 5.56 Å². The summed E-state index contributed by atoms with van der Waals surface area (Å²) in [4.78, 5) is 11.0. The van der Waals surface area contributed by atoms with Gasteiger partial charge in [0.25, 0.3) is 0 Å². The van der Waals surface area contributed by atoms with E-state index >= 15 is 0 Å². The maximum atomic E-state index is 11.0. The molecule has 0 aliphatic heterocycles. The summed E-state index contributed by atoms with van der Waals surface area (Å²) in [5, 5.41) is 12.2. The minimum atomic E-state index is -0.934. The molecule has 21 heavy (non-hydrogen) atoms. The molecule has 0 heterocycles. The maximum Gasteiger partial charge on any atom is 0.335 e. The van der Waals surface area contributed by atoms with Crippen molar-refractivity contribution in [3.8, 4) is 11.5 Å². The lowest BCUT2D eigenvalue weighted by Gasteiger charge is -2.13. The van der Waals surface area contributed by atoms with Crippen LogP contribution in [-0.4, -0.2) is 25.3 Å². The molecule has 0 saturated heterocycles. The Balaban J connectivity index is 2.15. The van der Waals surface area contributed by atoms with Gasteiger partial charge in [-0.2, -0.15) is 0 Å². The van der Waals surface area contributed by atoms with Gasteiger partial charge in [-0.25, -0.2) is 4.79 Å². The number of aromatic carboxylic acids is 1. The Morgan fingerprint density at radius 2 is 1.95 bits per heavy atom. The van der Waals surface area contributed by atoms with Crippen molar-refractivity contribution in [2.75, 3.05) is 19.5 Å². The summed E-state index contributed by atoms with van der Waals surface area (Å²) in [7, 11) is 3.19. The average Bonchev–Trinajstić information content (AvgIpc) is 2.52. The van der Waals surface area contributed by atoms with Crippen molar-refractivity contribution in [2.24, 2.45) is 0 Å². The van der Waals surface area contributed by atoms with E-state index in [1.165, 1.54) is 0 Å². The SMILES string of the molecule is COc1ccc(OC)c(NCc2cccc(C(=O)O)c2)c1. The van der Waals surface area contributed by atoms with Crippen LogP contribution in [0.5, 0.6) is 11.5 Å². The molecule has 2 aromatic rings. The summed E-state index contributed by atoms with van der Waals surface area (Å²) in [6, 6.07) is 12.3. The molecule has 110 valence electrons. The lowest BCUT2D eigenvalue weighted by Crippen LogP contribution is -2.03. The molecule has 0 aromatic heterocycles. The predicted octanol–water partition coefficient (Wildman–Crippen LogP) is 3.01. The van der Waals surface area contributed by atoms with Crippen LogP contribution >= 0.6 is 0 Å². The van der Waals surface area contributed by atoms with Crippen molar-refractivity contribution in [1.82, 2.24) is 0 Å². The standard InChI is InChI=1S/C16H17NO4/c1-20-13-6-7-15(21-2)14(9-13)17-10-11-4-3-5-12(8-11)16(18)19/h3-9,17H,10H2,1-2H3,(H,18,19). The third kappa shape index (κ3) is 3.66. The van der Waals surface area contributed by atoms with Gasteiger partial charge in [-0.15, -0.1) is 0 Å². The number of carboxylic acid groups (broad SMARTS) is 1. The molecule has 0 aliphatic carbocycles. The smallest absolute Gasteiger partial charge is 0.335 e. The number of benzene rings is 2. The largest absolute Gasteiger partial charge is 0.497 e. The first-order chi connectivity index (χ1) is 10.1. The average molecular weight is 287 g/mol. The molecule has 5 heteroatoms.